The Balaban J connectivity index is 4.55. The van der Waals surface area contributed by atoms with Gasteiger partial charge in [0.25, 0.3) is 0 Å². The minimum absolute atomic E-state index is 0.116. The third kappa shape index (κ3) is 50.4. The molecule has 0 aliphatic carbocycles. The molecule has 0 fully saturated rings. The summed E-state index contributed by atoms with van der Waals surface area (Å²) in [5.41, 5.74) is 0. The van der Waals surface area contributed by atoms with Gasteiger partial charge in [0.2, 0.25) is 0 Å². The van der Waals surface area contributed by atoms with Crippen molar-refractivity contribution in [2.45, 2.75) is 207 Å². The molecule has 65 heavy (non-hydrogen) atoms. The Hall–Kier alpha value is -4.45. The summed E-state index contributed by atoms with van der Waals surface area (Å²) in [4.78, 5) is 38.0. The lowest BCUT2D eigenvalue weighted by molar-refractivity contribution is -0.167. The number of carbonyl (C=O) groups excluding carboxylic acids is 3. The summed E-state index contributed by atoms with van der Waals surface area (Å²) in [7, 11) is 0. The molecule has 0 spiro atoms. The number of allylic oxidation sites excluding steroid dienone is 22. The van der Waals surface area contributed by atoms with Gasteiger partial charge in [-0.25, -0.2) is 0 Å². The van der Waals surface area contributed by atoms with Crippen molar-refractivity contribution < 1.29 is 28.6 Å². The zero-order valence-corrected chi connectivity index (χ0v) is 41.4. The van der Waals surface area contributed by atoms with Gasteiger partial charge in [0.15, 0.2) is 6.10 Å². The molecule has 0 rings (SSSR count). The normalized spacial score (nSPS) is 13.2. The van der Waals surface area contributed by atoms with E-state index in [1.54, 1.807) is 0 Å². The lowest BCUT2D eigenvalue weighted by Gasteiger charge is -2.18. The fraction of sp³-hybridized carbons (Fsp3) is 0.576. The van der Waals surface area contributed by atoms with Crippen LogP contribution in [-0.2, 0) is 28.6 Å². The molecule has 0 amide bonds. The van der Waals surface area contributed by atoms with Crippen LogP contribution in [0, 0.1) is 0 Å². The number of esters is 3. The van der Waals surface area contributed by atoms with Gasteiger partial charge in [-0.15, -0.1) is 0 Å². The maximum Gasteiger partial charge on any atom is 0.306 e. The molecule has 364 valence electrons. The summed E-state index contributed by atoms with van der Waals surface area (Å²) < 4.78 is 16.7. The molecule has 0 aliphatic heterocycles. The Kier molecular flexibility index (Phi) is 48.6. The smallest absolute Gasteiger partial charge is 0.306 e. The summed E-state index contributed by atoms with van der Waals surface area (Å²) in [6, 6.07) is 0. The van der Waals surface area contributed by atoms with Crippen LogP contribution in [0.5, 0.6) is 0 Å². The highest BCUT2D eigenvalue weighted by atomic mass is 16.6. The van der Waals surface area contributed by atoms with E-state index in [1.165, 1.54) is 0 Å². The zero-order chi connectivity index (χ0) is 47.2. The van der Waals surface area contributed by atoms with Crippen LogP contribution in [0.4, 0.5) is 0 Å². The third-order valence-electron chi connectivity index (χ3n) is 10.1. The largest absolute Gasteiger partial charge is 0.462 e. The predicted molar refractivity (Wildman–Crippen MR) is 279 cm³/mol. The van der Waals surface area contributed by atoms with Crippen molar-refractivity contribution in [2.24, 2.45) is 0 Å². The van der Waals surface area contributed by atoms with Gasteiger partial charge in [-0.2, -0.15) is 0 Å². The Labute approximate surface area is 398 Å². The molecule has 0 bridgehead atoms. The van der Waals surface area contributed by atoms with E-state index in [9.17, 15) is 14.4 Å². The highest BCUT2D eigenvalue weighted by molar-refractivity contribution is 5.71. The van der Waals surface area contributed by atoms with Crippen molar-refractivity contribution in [3.63, 3.8) is 0 Å². The van der Waals surface area contributed by atoms with E-state index < -0.39 is 6.10 Å². The number of hydrogen-bond donors (Lipinski definition) is 0. The molecule has 1 atom stereocenters. The monoisotopic (exact) mass is 897 g/mol. The molecular weight excluding hydrogens is 805 g/mol. The Morgan fingerprint density at radius 2 is 0.554 bits per heavy atom. The van der Waals surface area contributed by atoms with Gasteiger partial charge in [0.1, 0.15) is 13.2 Å². The van der Waals surface area contributed by atoms with Crippen LogP contribution in [-0.4, -0.2) is 37.2 Å². The van der Waals surface area contributed by atoms with Crippen LogP contribution in [0.1, 0.15) is 201 Å². The molecule has 0 saturated carbocycles. The molecule has 0 aliphatic rings. The van der Waals surface area contributed by atoms with Gasteiger partial charge >= 0.3 is 17.9 Å². The lowest BCUT2D eigenvalue weighted by atomic mass is 10.1. The van der Waals surface area contributed by atoms with E-state index in [2.05, 4.69) is 154 Å². The standard InChI is InChI=1S/C59H92O6/c1-4-7-10-13-16-19-22-25-28-29-32-34-37-40-43-46-49-52-58(61)64-55-56(65-59(62)53-50-47-44-41-38-35-31-27-24-21-18-15-12-9-6-3)54-63-57(60)51-48-45-42-39-36-33-30-26-23-20-17-14-11-8-5-2/h7-12,16-21,25-28,30-32,34,36,39,56H,4-6,13-15,22-24,29,33,35,37-38,40-55H2,1-3H3/b10-7-,11-8-,12-9-,19-16-,20-17-,21-18-,28-25-,30-26-,31-27-,34-32-,39-36-/t56-/m0/s1. The summed E-state index contributed by atoms with van der Waals surface area (Å²) in [5.74, 6) is -1.01. The number of unbranched alkanes of at least 4 members (excludes halogenated alkanes) is 11. The molecule has 0 aromatic rings. The average Bonchev–Trinajstić information content (AvgIpc) is 3.30. The third-order valence-corrected chi connectivity index (χ3v) is 10.1. The first kappa shape index (κ1) is 60.5. The van der Waals surface area contributed by atoms with Crippen molar-refractivity contribution in [3.05, 3.63) is 134 Å². The van der Waals surface area contributed by atoms with E-state index in [0.29, 0.717) is 19.3 Å². The minimum Gasteiger partial charge on any atom is -0.462 e. The van der Waals surface area contributed by atoms with Gasteiger partial charge in [0.05, 0.1) is 0 Å². The Morgan fingerprint density at radius 3 is 0.892 bits per heavy atom. The maximum atomic E-state index is 12.8. The van der Waals surface area contributed by atoms with Crippen LogP contribution in [0.15, 0.2) is 134 Å². The minimum atomic E-state index is -0.819. The first-order valence-electron chi connectivity index (χ1n) is 25.7. The van der Waals surface area contributed by atoms with Crippen molar-refractivity contribution in [3.8, 4) is 0 Å². The van der Waals surface area contributed by atoms with E-state index in [-0.39, 0.29) is 37.5 Å². The first-order valence-corrected chi connectivity index (χ1v) is 25.7. The predicted octanol–water partition coefficient (Wildman–Crippen LogP) is 17.1. The second-order valence-electron chi connectivity index (χ2n) is 16.3. The van der Waals surface area contributed by atoms with E-state index in [1.807, 2.05) is 0 Å². The van der Waals surface area contributed by atoms with Crippen molar-refractivity contribution in [1.29, 1.82) is 0 Å². The zero-order valence-electron chi connectivity index (χ0n) is 41.4. The molecule has 6 nitrogen and oxygen atoms in total. The van der Waals surface area contributed by atoms with E-state index in [0.717, 1.165) is 154 Å². The molecule has 0 heterocycles. The van der Waals surface area contributed by atoms with Crippen LogP contribution in [0.2, 0.25) is 0 Å². The van der Waals surface area contributed by atoms with Gasteiger partial charge in [-0.05, 0) is 128 Å². The van der Waals surface area contributed by atoms with Crippen molar-refractivity contribution in [2.75, 3.05) is 13.2 Å². The molecule has 0 unspecified atom stereocenters. The molecule has 0 N–H and O–H groups in total. The Morgan fingerprint density at radius 1 is 0.308 bits per heavy atom. The lowest BCUT2D eigenvalue weighted by Crippen LogP contribution is -2.30. The second-order valence-corrected chi connectivity index (χ2v) is 16.3. The number of hydrogen-bond acceptors (Lipinski definition) is 6. The molecule has 0 saturated heterocycles. The van der Waals surface area contributed by atoms with Gasteiger partial charge < -0.3 is 14.2 Å². The summed E-state index contributed by atoms with van der Waals surface area (Å²) >= 11 is 0. The fourth-order valence-corrected chi connectivity index (χ4v) is 6.38. The van der Waals surface area contributed by atoms with Gasteiger partial charge in [0, 0.05) is 19.3 Å². The van der Waals surface area contributed by atoms with E-state index >= 15 is 0 Å². The second kappa shape index (κ2) is 52.2. The van der Waals surface area contributed by atoms with Crippen molar-refractivity contribution >= 4 is 17.9 Å². The SMILES string of the molecule is CC/C=C\C/C=C\C/C=C\C/C=C\CCCCCCC(=O)OC[C@H](COC(=O)CCCC/C=C\C/C=C\C/C=C\C/C=C\CC)OC(=O)CCCCCCC/C=C\C/C=C\C/C=C\CC. The molecular formula is C59H92O6. The van der Waals surface area contributed by atoms with Crippen LogP contribution in [0.3, 0.4) is 0 Å². The summed E-state index contributed by atoms with van der Waals surface area (Å²) in [6.07, 6.45) is 72.9. The summed E-state index contributed by atoms with van der Waals surface area (Å²) in [5, 5.41) is 0. The highest BCUT2D eigenvalue weighted by Crippen LogP contribution is 2.12. The quantitative estimate of drug-likeness (QED) is 0.0262. The van der Waals surface area contributed by atoms with Crippen LogP contribution in [0.25, 0.3) is 0 Å². The average molecular weight is 897 g/mol. The molecule has 6 heteroatoms. The van der Waals surface area contributed by atoms with E-state index in [4.69, 9.17) is 14.2 Å². The number of carbonyl (C=O) groups is 3. The highest BCUT2D eigenvalue weighted by Gasteiger charge is 2.19. The van der Waals surface area contributed by atoms with Gasteiger partial charge in [-0.3, -0.25) is 14.4 Å². The van der Waals surface area contributed by atoms with Crippen LogP contribution >= 0.6 is 0 Å². The van der Waals surface area contributed by atoms with Crippen LogP contribution < -0.4 is 0 Å². The molecule has 0 aromatic carbocycles. The fourth-order valence-electron chi connectivity index (χ4n) is 6.38. The maximum absolute atomic E-state index is 12.8. The van der Waals surface area contributed by atoms with Crippen molar-refractivity contribution in [1.82, 2.24) is 0 Å². The number of rotatable bonds is 44. The Bertz CT molecular complexity index is 1450. The molecule has 0 aromatic heterocycles. The topological polar surface area (TPSA) is 78.9 Å². The summed E-state index contributed by atoms with van der Waals surface area (Å²) in [6.45, 7) is 6.20. The first-order chi connectivity index (χ1) is 32.0. The molecule has 0 radical (unpaired) electrons. The number of ether oxygens (including phenoxy) is 3. The van der Waals surface area contributed by atoms with Gasteiger partial charge in [-0.1, -0.05) is 187 Å².